The molecule has 2 aromatic carbocycles. The molecule has 0 spiro atoms. The lowest BCUT2D eigenvalue weighted by molar-refractivity contribution is 0.102. The molecule has 24 heavy (non-hydrogen) atoms. The lowest BCUT2D eigenvalue weighted by atomic mass is 10.0. The molecule has 4 nitrogen and oxygen atoms in total. The number of amides is 1. The van der Waals surface area contributed by atoms with E-state index in [0.29, 0.717) is 5.56 Å². The zero-order valence-electron chi connectivity index (χ0n) is 12.9. The van der Waals surface area contributed by atoms with Crippen LogP contribution in [0.2, 0.25) is 0 Å². The second-order valence-electron chi connectivity index (χ2n) is 5.51. The van der Waals surface area contributed by atoms with Crippen molar-refractivity contribution in [2.24, 2.45) is 0 Å². The first-order chi connectivity index (χ1) is 11.8. The molecule has 2 heterocycles. The van der Waals surface area contributed by atoms with E-state index in [0.717, 1.165) is 22.5 Å². The van der Waals surface area contributed by atoms with Crippen LogP contribution in [0.25, 0.3) is 16.8 Å². The van der Waals surface area contributed by atoms with Crippen LogP contribution in [-0.2, 0) is 0 Å². The van der Waals surface area contributed by atoms with Crippen LogP contribution in [0.5, 0.6) is 0 Å². The van der Waals surface area contributed by atoms with Crippen molar-refractivity contribution in [2.75, 3.05) is 5.32 Å². The van der Waals surface area contributed by atoms with Gasteiger partial charge in [0.15, 0.2) is 0 Å². The van der Waals surface area contributed by atoms with Gasteiger partial charge in [-0.1, -0.05) is 42.5 Å². The second kappa shape index (κ2) is 6.01. The van der Waals surface area contributed by atoms with Crippen LogP contribution >= 0.6 is 0 Å². The van der Waals surface area contributed by atoms with E-state index in [2.05, 4.69) is 22.4 Å². The number of aromatic nitrogens is 2. The van der Waals surface area contributed by atoms with E-state index in [1.165, 1.54) is 0 Å². The summed E-state index contributed by atoms with van der Waals surface area (Å²) in [6, 6.07) is 21.4. The number of rotatable bonds is 3. The maximum atomic E-state index is 12.4. The number of hydrogen-bond donors (Lipinski definition) is 1. The number of anilines is 1. The molecule has 4 aromatic rings. The molecule has 116 valence electrons. The lowest BCUT2D eigenvalue weighted by Gasteiger charge is -2.07. The average molecular weight is 313 g/mol. The Morgan fingerprint density at radius 1 is 0.875 bits per heavy atom. The van der Waals surface area contributed by atoms with Crippen molar-refractivity contribution in [1.82, 2.24) is 9.38 Å². The fourth-order valence-corrected chi connectivity index (χ4v) is 2.64. The van der Waals surface area contributed by atoms with Gasteiger partial charge in [0.05, 0.1) is 5.69 Å². The molecule has 0 fully saturated rings. The zero-order chi connectivity index (χ0) is 16.4. The smallest absolute Gasteiger partial charge is 0.255 e. The SMILES string of the molecule is O=C(Nc1ccc2nccn2c1)c1ccc(-c2ccccc2)cc1. The third-order valence-electron chi connectivity index (χ3n) is 3.90. The Labute approximate surface area is 139 Å². The van der Waals surface area contributed by atoms with E-state index >= 15 is 0 Å². The van der Waals surface area contributed by atoms with Crippen LogP contribution < -0.4 is 5.32 Å². The van der Waals surface area contributed by atoms with Crippen molar-refractivity contribution in [2.45, 2.75) is 0 Å². The van der Waals surface area contributed by atoms with Gasteiger partial charge in [-0.25, -0.2) is 4.98 Å². The molecule has 2 aromatic heterocycles. The van der Waals surface area contributed by atoms with Crippen molar-refractivity contribution in [1.29, 1.82) is 0 Å². The van der Waals surface area contributed by atoms with Crippen LogP contribution in [0.4, 0.5) is 5.69 Å². The monoisotopic (exact) mass is 313 g/mol. The van der Waals surface area contributed by atoms with Gasteiger partial charge < -0.3 is 9.72 Å². The molecule has 0 atom stereocenters. The Balaban J connectivity index is 1.53. The number of carbonyl (C=O) groups excluding carboxylic acids is 1. The minimum Gasteiger partial charge on any atom is -0.321 e. The Hall–Kier alpha value is -3.40. The third kappa shape index (κ3) is 2.77. The molecule has 0 bridgehead atoms. The maximum absolute atomic E-state index is 12.4. The van der Waals surface area contributed by atoms with Gasteiger partial charge in [0.25, 0.3) is 5.91 Å². The Morgan fingerprint density at radius 3 is 2.42 bits per heavy atom. The molecule has 0 unspecified atom stereocenters. The number of nitrogens with one attached hydrogen (secondary N) is 1. The van der Waals surface area contributed by atoms with E-state index < -0.39 is 0 Å². The second-order valence-corrected chi connectivity index (χ2v) is 5.51. The summed E-state index contributed by atoms with van der Waals surface area (Å²) in [5.74, 6) is -0.130. The zero-order valence-corrected chi connectivity index (χ0v) is 12.9. The molecule has 0 aliphatic heterocycles. The predicted octanol–water partition coefficient (Wildman–Crippen LogP) is 4.25. The van der Waals surface area contributed by atoms with E-state index in [-0.39, 0.29) is 5.91 Å². The topological polar surface area (TPSA) is 46.4 Å². The fourth-order valence-electron chi connectivity index (χ4n) is 2.64. The Kier molecular flexibility index (Phi) is 3.56. The van der Waals surface area contributed by atoms with Crippen LogP contribution in [0.3, 0.4) is 0 Å². The first kappa shape index (κ1) is 14.2. The van der Waals surface area contributed by atoms with Crippen molar-refractivity contribution >= 4 is 17.2 Å². The number of hydrogen-bond acceptors (Lipinski definition) is 2. The molecular weight excluding hydrogens is 298 g/mol. The van der Waals surface area contributed by atoms with Crippen molar-refractivity contribution in [3.05, 3.63) is 90.9 Å². The van der Waals surface area contributed by atoms with E-state index in [9.17, 15) is 4.79 Å². The van der Waals surface area contributed by atoms with E-state index in [1.54, 1.807) is 6.20 Å². The first-order valence-electron chi connectivity index (χ1n) is 7.69. The molecule has 0 saturated heterocycles. The molecule has 4 heteroatoms. The number of nitrogens with zero attached hydrogens (tertiary/aromatic N) is 2. The minimum absolute atomic E-state index is 0.130. The third-order valence-corrected chi connectivity index (χ3v) is 3.90. The summed E-state index contributed by atoms with van der Waals surface area (Å²) in [5, 5.41) is 2.91. The van der Waals surface area contributed by atoms with Gasteiger partial charge in [-0.15, -0.1) is 0 Å². The Morgan fingerprint density at radius 2 is 1.62 bits per heavy atom. The lowest BCUT2D eigenvalue weighted by Crippen LogP contribution is -2.12. The largest absolute Gasteiger partial charge is 0.321 e. The molecular formula is C20H15N3O. The first-order valence-corrected chi connectivity index (χ1v) is 7.69. The van der Waals surface area contributed by atoms with Gasteiger partial charge in [0.1, 0.15) is 5.65 Å². The highest BCUT2D eigenvalue weighted by Gasteiger charge is 2.07. The summed E-state index contributed by atoms with van der Waals surface area (Å²) in [6.07, 6.45) is 5.42. The molecule has 1 amide bonds. The summed E-state index contributed by atoms with van der Waals surface area (Å²) in [5.41, 5.74) is 4.43. The van der Waals surface area contributed by atoms with E-state index in [1.807, 2.05) is 71.4 Å². The molecule has 0 aliphatic rings. The number of fused-ring (bicyclic) bond motifs is 1. The number of pyridine rings is 1. The summed E-state index contributed by atoms with van der Waals surface area (Å²) < 4.78 is 1.87. The highest BCUT2D eigenvalue weighted by atomic mass is 16.1. The summed E-state index contributed by atoms with van der Waals surface area (Å²) in [6.45, 7) is 0. The maximum Gasteiger partial charge on any atom is 0.255 e. The average Bonchev–Trinajstić information content (AvgIpc) is 3.10. The van der Waals surface area contributed by atoms with Gasteiger partial charge in [-0.05, 0) is 35.4 Å². The number of carbonyl (C=O) groups is 1. The van der Waals surface area contributed by atoms with Gasteiger partial charge in [-0.2, -0.15) is 0 Å². The van der Waals surface area contributed by atoms with Gasteiger partial charge in [0.2, 0.25) is 0 Å². The van der Waals surface area contributed by atoms with Crippen LogP contribution in [0, 0.1) is 0 Å². The predicted molar refractivity (Wildman–Crippen MR) is 95.0 cm³/mol. The summed E-state index contributed by atoms with van der Waals surface area (Å²) in [7, 11) is 0. The molecule has 0 radical (unpaired) electrons. The van der Waals surface area contributed by atoms with Crippen molar-refractivity contribution in [3.8, 4) is 11.1 Å². The van der Waals surface area contributed by atoms with Crippen molar-refractivity contribution < 1.29 is 4.79 Å². The molecule has 1 N–H and O–H groups in total. The number of imidazole rings is 1. The van der Waals surface area contributed by atoms with E-state index in [4.69, 9.17) is 0 Å². The summed E-state index contributed by atoms with van der Waals surface area (Å²) >= 11 is 0. The Bertz CT molecular complexity index is 988. The minimum atomic E-state index is -0.130. The van der Waals surface area contributed by atoms with Crippen LogP contribution in [0.1, 0.15) is 10.4 Å². The van der Waals surface area contributed by atoms with Gasteiger partial charge in [0, 0.05) is 24.2 Å². The molecule has 4 rings (SSSR count). The highest BCUT2D eigenvalue weighted by molar-refractivity contribution is 6.04. The summed E-state index contributed by atoms with van der Waals surface area (Å²) in [4.78, 5) is 16.6. The highest BCUT2D eigenvalue weighted by Crippen LogP contribution is 2.20. The van der Waals surface area contributed by atoms with Crippen molar-refractivity contribution in [3.63, 3.8) is 0 Å². The standard InChI is InChI=1S/C20H15N3O/c24-20(22-18-10-11-19-21-12-13-23(19)14-18)17-8-6-16(7-9-17)15-4-2-1-3-5-15/h1-14H,(H,22,24). The molecule has 0 saturated carbocycles. The van der Waals surface area contributed by atoms with Crippen LogP contribution in [-0.4, -0.2) is 15.3 Å². The van der Waals surface area contributed by atoms with Gasteiger partial charge in [-0.3, -0.25) is 4.79 Å². The quantitative estimate of drug-likeness (QED) is 0.614. The van der Waals surface area contributed by atoms with Crippen LogP contribution in [0.15, 0.2) is 85.3 Å². The number of benzene rings is 2. The van der Waals surface area contributed by atoms with Gasteiger partial charge >= 0.3 is 0 Å². The normalized spacial score (nSPS) is 10.7. The fraction of sp³-hybridized carbons (Fsp3) is 0. The molecule has 0 aliphatic carbocycles.